The molecule has 2 rings (SSSR count). The largest absolute Gasteiger partial charge is 0.507 e. The van der Waals surface area contributed by atoms with Gasteiger partial charge in [0.25, 0.3) is 0 Å². The standard InChI is InChI=1S/C17H20N4O2/c1-20(18-11-14-7-3-5-9-16(14)22)13-21(2)19-12-15-8-4-6-10-17(15)23/h3-12,22-23H,13H2,1-2H3. The number of hydrogen-bond acceptors (Lipinski definition) is 6. The zero-order valence-electron chi connectivity index (χ0n) is 13.2. The van der Waals surface area contributed by atoms with Gasteiger partial charge >= 0.3 is 0 Å². The van der Waals surface area contributed by atoms with Gasteiger partial charge in [-0.1, -0.05) is 24.3 Å². The van der Waals surface area contributed by atoms with Crippen molar-refractivity contribution in [2.75, 3.05) is 20.8 Å². The highest BCUT2D eigenvalue weighted by atomic mass is 16.3. The molecule has 0 aromatic heterocycles. The number of hydrogen-bond donors (Lipinski definition) is 2. The highest BCUT2D eigenvalue weighted by Gasteiger charge is 2.00. The third-order valence-electron chi connectivity index (χ3n) is 3.07. The van der Waals surface area contributed by atoms with E-state index in [1.165, 1.54) is 0 Å². The molecule has 2 N–H and O–H groups in total. The SMILES string of the molecule is CN(CN(C)N=Cc1ccccc1O)N=Cc1ccccc1O. The van der Waals surface area contributed by atoms with Crippen LogP contribution in [0.4, 0.5) is 0 Å². The summed E-state index contributed by atoms with van der Waals surface area (Å²) < 4.78 is 0. The first-order valence-electron chi connectivity index (χ1n) is 7.12. The molecule has 2 aromatic carbocycles. The van der Waals surface area contributed by atoms with E-state index in [1.54, 1.807) is 58.8 Å². The van der Waals surface area contributed by atoms with Crippen molar-refractivity contribution in [3.8, 4) is 11.5 Å². The van der Waals surface area contributed by atoms with Crippen LogP contribution in [0, 0.1) is 0 Å². The van der Waals surface area contributed by atoms with Crippen molar-refractivity contribution in [2.45, 2.75) is 0 Å². The Kier molecular flexibility index (Phi) is 5.57. The molecule has 120 valence electrons. The number of rotatable bonds is 6. The molecule has 0 amide bonds. The van der Waals surface area contributed by atoms with Crippen molar-refractivity contribution in [3.05, 3.63) is 59.7 Å². The Labute approximate surface area is 135 Å². The minimum Gasteiger partial charge on any atom is -0.507 e. The number of para-hydroxylation sites is 2. The lowest BCUT2D eigenvalue weighted by Crippen LogP contribution is -2.26. The van der Waals surface area contributed by atoms with Crippen LogP contribution < -0.4 is 0 Å². The summed E-state index contributed by atoms with van der Waals surface area (Å²) in [6.45, 7) is 0.453. The van der Waals surface area contributed by atoms with Crippen LogP contribution in [-0.2, 0) is 0 Å². The zero-order valence-corrected chi connectivity index (χ0v) is 13.2. The summed E-state index contributed by atoms with van der Waals surface area (Å²) in [4.78, 5) is 0. The van der Waals surface area contributed by atoms with Crippen molar-refractivity contribution in [1.29, 1.82) is 0 Å². The molecule has 6 nitrogen and oxygen atoms in total. The van der Waals surface area contributed by atoms with Crippen LogP contribution in [0.25, 0.3) is 0 Å². The van der Waals surface area contributed by atoms with Gasteiger partial charge in [0.1, 0.15) is 18.2 Å². The van der Waals surface area contributed by atoms with E-state index in [0.29, 0.717) is 17.8 Å². The zero-order chi connectivity index (χ0) is 16.7. The predicted octanol–water partition coefficient (Wildman–Crippen LogP) is 2.29. The summed E-state index contributed by atoms with van der Waals surface area (Å²) in [5.41, 5.74) is 1.31. The lowest BCUT2D eigenvalue weighted by atomic mass is 10.2. The molecule has 0 radical (unpaired) electrons. The van der Waals surface area contributed by atoms with Gasteiger partial charge in [-0.2, -0.15) is 10.2 Å². The molecule has 23 heavy (non-hydrogen) atoms. The monoisotopic (exact) mass is 312 g/mol. The molecule has 0 aliphatic heterocycles. The quantitative estimate of drug-likeness (QED) is 0.488. The number of aromatic hydroxyl groups is 2. The molecule has 0 fully saturated rings. The fourth-order valence-electron chi connectivity index (χ4n) is 1.88. The number of nitrogens with zero attached hydrogens (tertiary/aromatic N) is 4. The molecule has 0 saturated heterocycles. The van der Waals surface area contributed by atoms with Crippen molar-refractivity contribution in [2.24, 2.45) is 10.2 Å². The van der Waals surface area contributed by atoms with Crippen LogP contribution in [0.1, 0.15) is 11.1 Å². The molecule has 0 aliphatic carbocycles. The van der Waals surface area contributed by atoms with Crippen LogP contribution in [0.2, 0.25) is 0 Å². The van der Waals surface area contributed by atoms with E-state index in [-0.39, 0.29) is 11.5 Å². The Morgan fingerprint density at radius 1 is 0.783 bits per heavy atom. The fraction of sp³-hybridized carbons (Fsp3) is 0.176. The van der Waals surface area contributed by atoms with Gasteiger partial charge in [-0.15, -0.1) is 0 Å². The Morgan fingerprint density at radius 3 is 1.57 bits per heavy atom. The molecule has 0 saturated carbocycles. The average molecular weight is 312 g/mol. The Morgan fingerprint density at radius 2 is 1.17 bits per heavy atom. The molecular weight excluding hydrogens is 292 g/mol. The number of phenols is 2. The maximum Gasteiger partial charge on any atom is 0.124 e. The first-order chi connectivity index (χ1) is 11.1. The van der Waals surface area contributed by atoms with Crippen LogP contribution >= 0.6 is 0 Å². The summed E-state index contributed by atoms with van der Waals surface area (Å²) >= 11 is 0. The second-order valence-electron chi connectivity index (χ2n) is 5.06. The van der Waals surface area contributed by atoms with Gasteiger partial charge in [0.05, 0.1) is 12.4 Å². The maximum absolute atomic E-state index is 9.67. The third-order valence-corrected chi connectivity index (χ3v) is 3.07. The summed E-state index contributed by atoms with van der Waals surface area (Å²) in [6, 6.07) is 14.0. The summed E-state index contributed by atoms with van der Waals surface area (Å²) in [7, 11) is 3.62. The van der Waals surface area contributed by atoms with Crippen molar-refractivity contribution in [3.63, 3.8) is 0 Å². The predicted molar refractivity (Wildman–Crippen MR) is 91.8 cm³/mol. The highest BCUT2D eigenvalue weighted by molar-refractivity contribution is 5.83. The molecule has 0 bridgehead atoms. The molecule has 0 unspecified atom stereocenters. The van der Waals surface area contributed by atoms with Crippen LogP contribution in [0.15, 0.2) is 58.7 Å². The lowest BCUT2D eigenvalue weighted by Gasteiger charge is -2.19. The van der Waals surface area contributed by atoms with E-state index >= 15 is 0 Å². The normalized spacial score (nSPS) is 11.2. The van der Waals surface area contributed by atoms with Gasteiger partial charge in [-0.05, 0) is 24.3 Å². The number of phenolic OH excluding ortho intramolecular Hbond substituents is 2. The van der Waals surface area contributed by atoms with Gasteiger partial charge in [-0.3, -0.25) is 10.0 Å². The second kappa shape index (κ2) is 7.84. The smallest absolute Gasteiger partial charge is 0.124 e. The van der Waals surface area contributed by atoms with Crippen LogP contribution in [0.5, 0.6) is 11.5 Å². The molecule has 0 atom stereocenters. The van der Waals surface area contributed by atoms with Gasteiger partial charge in [0.15, 0.2) is 0 Å². The number of hydrazone groups is 2. The van der Waals surface area contributed by atoms with Gasteiger partial charge < -0.3 is 10.2 Å². The van der Waals surface area contributed by atoms with E-state index in [2.05, 4.69) is 10.2 Å². The Balaban J connectivity index is 1.91. The molecule has 0 spiro atoms. The average Bonchev–Trinajstić information content (AvgIpc) is 2.53. The molecule has 2 aromatic rings. The Hall–Kier alpha value is -3.02. The number of benzene rings is 2. The minimum absolute atomic E-state index is 0.190. The van der Waals surface area contributed by atoms with Crippen molar-refractivity contribution < 1.29 is 10.2 Å². The molecule has 6 heteroatoms. The van der Waals surface area contributed by atoms with E-state index < -0.39 is 0 Å². The third kappa shape index (κ3) is 5.03. The summed E-state index contributed by atoms with van der Waals surface area (Å²) in [5, 5.41) is 31.2. The van der Waals surface area contributed by atoms with Crippen molar-refractivity contribution >= 4 is 12.4 Å². The lowest BCUT2D eigenvalue weighted by molar-refractivity contribution is 0.196. The molecule has 0 aliphatic rings. The second-order valence-corrected chi connectivity index (χ2v) is 5.06. The Bertz CT molecular complexity index is 641. The van der Waals surface area contributed by atoms with Gasteiger partial charge in [0.2, 0.25) is 0 Å². The highest BCUT2D eigenvalue weighted by Crippen LogP contribution is 2.13. The summed E-state index contributed by atoms with van der Waals surface area (Å²) in [6.07, 6.45) is 3.19. The van der Waals surface area contributed by atoms with E-state index in [4.69, 9.17) is 0 Å². The molecule has 0 heterocycles. The minimum atomic E-state index is 0.190. The first-order valence-corrected chi connectivity index (χ1v) is 7.12. The first kappa shape index (κ1) is 16.4. The van der Waals surface area contributed by atoms with Crippen LogP contribution in [-0.4, -0.2) is 53.4 Å². The van der Waals surface area contributed by atoms with E-state index in [0.717, 1.165) is 0 Å². The van der Waals surface area contributed by atoms with Gasteiger partial charge in [0, 0.05) is 25.2 Å². The van der Waals surface area contributed by atoms with E-state index in [1.807, 2.05) is 26.2 Å². The topological polar surface area (TPSA) is 71.7 Å². The molecular formula is C17H20N4O2. The fourth-order valence-corrected chi connectivity index (χ4v) is 1.88. The van der Waals surface area contributed by atoms with Gasteiger partial charge in [-0.25, -0.2) is 0 Å². The summed E-state index contributed by atoms with van der Waals surface area (Å²) in [5.74, 6) is 0.381. The van der Waals surface area contributed by atoms with E-state index in [9.17, 15) is 10.2 Å². The van der Waals surface area contributed by atoms with Crippen LogP contribution in [0.3, 0.4) is 0 Å². The maximum atomic E-state index is 9.67. The van der Waals surface area contributed by atoms with Crippen molar-refractivity contribution in [1.82, 2.24) is 10.0 Å².